The van der Waals surface area contributed by atoms with E-state index in [-0.39, 0.29) is 6.42 Å². The highest BCUT2D eigenvalue weighted by Gasteiger charge is 2.26. The minimum absolute atomic E-state index is 0.288. The molecule has 0 fully saturated rings. The molecule has 28 heavy (non-hydrogen) atoms. The summed E-state index contributed by atoms with van der Waals surface area (Å²) < 4.78 is 26.5. The average molecular weight is 413 g/mol. The van der Waals surface area contributed by atoms with Gasteiger partial charge in [0.1, 0.15) is 5.25 Å². The Balaban J connectivity index is 1.99. The van der Waals surface area contributed by atoms with E-state index in [9.17, 15) is 8.42 Å². The minimum Gasteiger partial charge on any atom is -0.347 e. The van der Waals surface area contributed by atoms with Crippen LogP contribution in [0.15, 0.2) is 60.7 Å². The molecule has 1 aromatic heterocycles. The van der Waals surface area contributed by atoms with Gasteiger partial charge in [0.25, 0.3) is 0 Å². The van der Waals surface area contributed by atoms with Crippen LogP contribution in [0.1, 0.15) is 38.9 Å². The fraction of sp³-hybridized carbons (Fsp3) is 0.227. The first kappa shape index (κ1) is 20.5. The van der Waals surface area contributed by atoms with E-state index < -0.39 is 15.3 Å². The molecule has 0 aliphatic heterocycles. The first-order chi connectivity index (χ1) is 13.2. The van der Waals surface area contributed by atoms with Gasteiger partial charge in [-0.3, -0.25) is 0 Å². The van der Waals surface area contributed by atoms with Crippen molar-refractivity contribution in [1.82, 2.24) is 4.57 Å². The van der Waals surface area contributed by atoms with E-state index in [0.717, 1.165) is 27.4 Å². The van der Waals surface area contributed by atoms with Crippen molar-refractivity contribution in [3.63, 3.8) is 0 Å². The van der Waals surface area contributed by atoms with Crippen LogP contribution in [0, 0.1) is 13.8 Å². The number of aryl methyl sites for hydroxylation is 2. The lowest BCUT2D eigenvalue weighted by molar-refractivity contribution is 0.580. The van der Waals surface area contributed by atoms with Gasteiger partial charge in [-0.15, -0.1) is 0 Å². The number of hydrogen-bond donors (Lipinski definition) is 1. The predicted octanol–water partition coefficient (Wildman–Crippen LogP) is 3.98. The second-order valence-electron chi connectivity index (χ2n) is 7.11. The molecule has 0 aliphatic carbocycles. The summed E-state index contributed by atoms with van der Waals surface area (Å²) in [4.78, 5) is 0.748. The SMILES string of the molecule is Cc1ccc(C(=S)c2c(C)cc(CC(c3ccccc3)S(N)(=O)=O)n2C)cc1. The summed E-state index contributed by atoms with van der Waals surface area (Å²) in [5.74, 6) is 0. The van der Waals surface area contributed by atoms with Gasteiger partial charge in [0.2, 0.25) is 10.0 Å². The maximum absolute atomic E-state index is 12.3. The highest BCUT2D eigenvalue weighted by atomic mass is 32.2. The van der Waals surface area contributed by atoms with Gasteiger partial charge in [-0.1, -0.05) is 72.4 Å². The van der Waals surface area contributed by atoms with Crippen LogP contribution in [0.2, 0.25) is 0 Å². The molecule has 3 aromatic rings. The molecule has 1 unspecified atom stereocenters. The van der Waals surface area contributed by atoms with Gasteiger partial charge in [0.15, 0.2) is 0 Å². The number of rotatable bonds is 6. The molecule has 1 atom stereocenters. The molecular weight excluding hydrogens is 388 g/mol. The van der Waals surface area contributed by atoms with Gasteiger partial charge >= 0.3 is 0 Å². The number of primary sulfonamides is 1. The van der Waals surface area contributed by atoms with Crippen LogP contribution >= 0.6 is 12.2 Å². The molecule has 146 valence electrons. The highest BCUT2D eigenvalue weighted by molar-refractivity contribution is 7.89. The van der Waals surface area contributed by atoms with Crippen molar-refractivity contribution in [3.8, 4) is 0 Å². The summed E-state index contributed by atoms with van der Waals surface area (Å²) in [6.45, 7) is 4.03. The van der Waals surface area contributed by atoms with Crippen LogP contribution in [-0.2, 0) is 23.5 Å². The molecule has 0 aliphatic rings. The third-order valence-corrected chi connectivity index (χ3v) is 6.68. The summed E-state index contributed by atoms with van der Waals surface area (Å²) in [6, 6.07) is 19.2. The minimum atomic E-state index is -3.76. The van der Waals surface area contributed by atoms with Gasteiger partial charge in [-0.2, -0.15) is 0 Å². The average Bonchev–Trinajstić information content (AvgIpc) is 2.93. The molecule has 4 nitrogen and oxygen atoms in total. The third-order valence-electron chi connectivity index (χ3n) is 5.01. The van der Waals surface area contributed by atoms with Crippen LogP contribution in [0.5, 0.6) is 0 Å². The van der Waals surface area contributed by atoms with Crippen molar-refractivity contribution in [3.05, 3.63) is 94.3 Å². The van der Waals surface area contributed by atoms with Crippen LogP contribution in [0.3, 0.4) is 0 Å². The lowest BCUT2D eigenvalue weighted by Crippen LogP contribution is -2.24. The standard InChI is InChI=1S/C22H24N2O2S2/c1-15-9-11-18(12-10-15)22(27)21-16(2)13-19(24(21)3)14-20(28(23,25)26)17-7-5-4-6-8-17/h4-13,20H,14H2,1-3H3,(H2,23,25,26). The lowest BCUT2D eigenvalue weighted by Gasteiger charge is -2.17. The van der Waals surface area contributed by atoms with Crippen molar-refractivity contribution in [2.45, 2.75) is 25.5 Å². The second kappa shape index (κ2) is 7.99. The summed E-state index contributed by atoms with van der Waals surface area (Å²) in [5.41, 5.74) is 5.66. The Morgan fingerprint density at radius 2 is 1.68 bits per heavy atom. The Kier molecular flexibility index (Phi) is 5.84. The van der Waals surface area contributed by atoms with E-state index in [1.54, 1.807) is 12.1 Å². The number of aromatic nitrogens is 1. The third kappa shape index (κ3) is 4.24. The molecule has 3 rings (SSSR count). The normalized spacial score (nSPS) is 12.7. The second-order valence-corrected chi connectivity index (χ2v) is 9.27. The summed E-state index contributed by atoms with van der Waals surface area (Å²) in [7, 11) is -1.84. The fourth-order valence-corrected chi connectivity index (χ4v) is 4.85. The quantitative estimate of drug-likeness (QED) is 0.492. The Bertz CT molecular complexity index is 1100. The van der Waals surface area contributed by atoms with E-state index in [1.807, 2.05) is 74.0 Å². The van der Waals surface area contributed by atoms with Crippen molar-refractivity contribution < 1.29 is 8.42 Å². The Morgan fingerprint density at radius 3 is 2.25 bits per heavy atom. The lowest BCUT2D eigenvalue weighted by atomic mass is 10.1. The molecule has 1 heterocycles. The van der Waals surface area contributed by atoms with Crippen LogP contribution in [0.25, 0.3) is 0 Å². The monoisotopic (exact) mass is 412 g/mol. The van der Waals surface area contributed by atoms with Gasteiger partial charge in [0.05, 0.1) is 10.6 Å². The smallest absolute Gasteiger partial charge is 0.216 e. The first-order valence-corrected chi connectivity index (χ1v) is 11.0. The summed E-state index contributed by atoms with van der Waals surface area (Å²) in [6.07, 6.45) is 0.288. The van der Waals surface area contributed by atoms with E-state index in [0.29, 0.717) is 5.56 Å². The van der Waals surface area contributed by atoms with Crippen LogP contribution in [-0.4, -0.2) is 17.8 Å². The number of nitrogens with two attached hydrogens (primary N) is 1. The predicted molar refractivity (Wildman–Crippen MR) is 118 cm³/mol. The number of sulfonamides is 1. The summed E-state index contributed by atoms with van der Waals surface area (Å²) in [5, 5.41) is 4.75. The van der Waals surface area contributed by atoms with Gasteiger partial charge < -0.3 is 4.57 Å². The molecule has 0 radical (unpaired) electrons. The van der Waals surface area contributed by atoms with Crippen molar-refractivity contribution in [2.24, 2.45) is 12.2 Å². The molecule has 2 N–H and O–H groups in total. The van der Waals surface area contributed by atoms with E-state index >= 15 is 0 Å². The number of benzene rings is 2. The fourth-order valence-electron chi connectivity index (χ4n) is 3.47. The molecule has 0 bridgehead atoms. The Labute approximate surface area is 172 Å². The highest BCUT2D eigenvalue weighted by Crippen LogP contribution is 2.28. The molecule has 0 saturated carbocycles. The maximum atomic E-state index is 12.3. The maximum Gasteiger partial charge on any atom is 0.216 e. The topological polar surface area (TPSA) is 65.1 Å². The van der Waals surface area contributed by atoms with E-state index in [2.05, 4.69) is 0 Å². The van der Waals surface area contributed by atoms with E-state index in [4.69, 9.17) is 17.4 Å². The molecule has 0 saturated heterocycles. The number of nitrogens with zero attached hydrogens (tertiary/aromatic N) is 1. The van der Waals surface area contributed by atoms with Gasteiger partial charge in [-0.25, -0.2) is 13.6 Å². The summed E-state index contributed by atoms with van der Waals surface area (Å²) >= 11 is 5.74. The molecule has 6 heteroatoms. The van der Waals surface area contributed by atoms with Crippen molar-refractivity contribution in [1.29, 1.82) is 0 Å². The van der Waals surface area contributed by atoms with Crippen LogP contribution in [0.4, 0.5) is 0 Å². The molecule has 2 aromatic carbocycles. The van der Waals surface area contributed by atoms with Crippen molar-refractivity contribution in [2.75, 3.05) is 0 Å². The number of hydrogen-bond acceptors (Lipinski definition) is 3. The zero-order chi connectivity index (χ0) is 20.5. The first-order valence-electron chi connectivity index (χ1n) is 9.01. The van der Waals surface area contributed by atoms with E-state index in [1.165, 1.54) is 5.56 Å². The molecule has 0 amide bonds. The van der Waals surface area contributed by atoms with Crippen molar-refractivity contribution >= 4 is 27.1 Å². The number of thiocarbonyl (C=S) groups is 1. The zero-order valence-electron chi connectivity index (χ0n) is 16.2. The molecular formula is C22H24N2O2S2. The van der Waals surface area contributed by atoms with Gasteiger partial charge in [0, 0.05) is 19.2 Å². The zero-order valence-corrected chi connectivity index (χ0v) is 17.8. The van der Waals surface area contributed by atoms with Crippen LogP contribution < -0.4 is 5.14 Å². The van der Waals surface area contributed by atoms with Gasteiger partial charge in [-0.05, 0) is 36.6 Å². The molecule has 0 spiro atoms. The largest absolute Gasteiger partial charge is 0.347 e. The Hall–Kier alpha value is -2.28. The Morgan fingerprint density at radius 1 is 1.07 bits per heavy atom.